The molecule has 3 rings (SSSR count). The smallest absolute Gasteiger partial charge is 0.294 e. The molecule has 17 heteroatoms. The van der Waals surface area contributed by atoms with Crippen molar-refractivity contribution >= 4 is 46.2 Å². The molecule has 4 N–H and O–H groups in total. The third-order valence-electron chi connectivity index (χ3n) is 9.57. The van der Waals surface area contributed by atoms with Crippen LogP contribution < -0.4 is 4.90 Å². The molecule has 1 aliphatic rings. The van der Waals surface area contributed by atoms with E-state index in [0.29, 0.717) is 54.5 Å². The number of aryl methyl sites for hydroxylation is 1. The summed E-state index contributed by atoms with van der Waals surface area (Å²) in [7, 11) is -17.4. The molecule has 2 aromatic rings. The fourth-order valence-electron chi connectivity index (χ4n) is 6.71. The van der Waals surface area contributed by atoms with E-state index in [1.807, 2.05) is 31.7 Å². The number of hydrogen-bond acceptors (Lipinski definition) is 9. The lowest BCUT2D eigenvalue weighted by molar-refractivity contribution is 0.464. The van der Waals surface area contributed by atoms with Crippen molar-refractivity contribution in [1.82, 2.24) is 0 Å². The highest BCUT2D eigenvalue weighted by Gasteiger charge is 2.43. The van der Waals surface area contributed by atoms with Gasteiger partial charge in [-0.15, -0.1) is 0 Å². The van der Waals surface area contributed by atoms with E-state index in [1.54, 1.807) is 43.4 Å². The van der Waals surface area contributed by atoms with Crippen LogP contribution >= 0.6 is 0 Å². The molecule has 1 aliphatic heterocycles. The Morgan fingerprint density at radius 1 is 0.808 bits per heavy atom. The zero-order valence-electron chi connectivity index (χ0n) is 29.6. The van der Waals surface area contributed by atoms with Gasteiger partial charge >= 0.3 is 0 Å². The summed E-state index contributed by atoms with van der Waals surface area (Å²) in [4.78, 5) is 1.42. The van der Waals surface area contributed by atoms with Crippen molar-refractivity contribution in [2.75, 3.05) is 23.0 Å². The molecular weight excluding hydrogens is 755 g/mol. The van der Waals surface area contributed by atoms with Crippen LogP contribution in [0.15, 0.2) is 94.4 Å². The quantitative estimate of drug-likeness (QED) is 0.0749. The second kappa shape index (κ2) is 16.5. The molecule has 0 fully saturated rings. The largest absolute Gasteiger partial charge is 0.344 e. The highest BCUT2D eigenvalue weighted by molar-refractivity contribution is 7.86. The van der Waals surface area contributed by atoms with E-state index in [-0.39, 0.29) is 22.6 Å². The first-order valence-electron chi connectivity index (χ1n) is 16.5. The summed E-state index contributed by atoms with van der Waals surface area (Å²) in [6.07, 6.45) is 10.6. The molecule has 1 heterocycles. The van der Waals surface area contributed by atoms with E-state index in [4.69, 9.17) is 0 Å². The van der Waals surface area contributed by atoms with Gasteiger partial charge in [-0.25, -0.2) is 0 Å². The number of hydrogen-bond donors (Lipinski definition) is 4. The number of nitrogens with zero attached hydrogens (tertiary/aromatic N) is 1. The Morgan fingerprint density at radius 3 is 1.92 bits per heavy atom. The van der Waals surface area contributed by atoms with E-state index in [2.05, 4.69) is 6.58 Å². The fourth-order valence-corrected chi connectivity index (χ4v) is 8.86. The summed E-state index contributed by atoms with van der Waals surface area (Å²) in [5, 5.41) is 0. The lowest BCUT2D eigenvalue weighted by Gasteiger charge is -2.33. The first-order valence-corrected chi connectivity index (χ1v) is 22.6. The van der Waals surface area contributed by atoms with Crippen LogP contribution in [0, 0.1) is 6.92 Å². The Balaban J connectivity index is 2.00. The lowest BCUT2D eigenvalue weighted by atomic mass is 9.71. The number of fused-ring (bicyclic) bond motifs is 1. The zero-order chi connectivity index (χ0) is 39.3. The molecule has 52 heavy (non-hydrogen) atoms. The Kier molecular flexibility index (Phi) is 13.7. The van der Waals surface area contributed by atoms with Gasteiger partial charge in [-0.1, -0.05) is 56.7 Å². The van der Waals surface area contributed by atoms with E-state index in [9.17, 15) is 51.9 Å². The highest BCUT2D eigenvalue weighted by Crippen LogP contribution is 2.51. The molecule has 288 valence electrons. The summed E-state index contributed by atoms with van der Waals surface area (Å²) >= 11 is 0. The molecule has 0 aliphatic carbocycles. The lowest BCUT2D eigenvalue weighted by Crippen LogP contribution is -2.28. The summed E-state index contributed by atoms with van der Waals surface area (Å²) in [6, 6.07) is 8.57. The second-order valence-corrected chi connectivity index (χ2v) is 19.3. The summed E-state index contributed by atoms with van der Waals surface area (Å²) in [6.45, 7) is 12.2. The first kappa shape index (κ1) is 43.2. The van der Waals surface area contributed by atoms with Crippen LogP contribution in [-0.4, -0.2) is 69.9 Å². The number of allylic oxidation sites excluding steroid dienone is 7. The number of benzene rings is 2. The van der Waals surface area contributed by atoms with Crippen LogP contribution in [0.1, 0.15) is 76.0 Å². The third-order valence-corrected chi connectivity index (χ3v) is 12.9. The molecule has 2 aromatic carbocycles. The van der Waals surface area contributed by atoms with Crippen LogP contribution in [0.25, 0.3) is 0 Å². The predicted octanol–water partition coefficient (Wildman–Crippen LogP) is 6.21. The minimum absolute atomic E-state index is 0.145. The van der Waals surface area contributed by atoms with Crippen LogP contribution in [0.5, 0.6) is 0 Å². The minimum Gasteiger partial charge on any atom is -0.344 e. The highest BCUT2D eigenvalue weighted by atomic mass is 32.2. The summed E-state index contributed by atoms with van der Waals surface area (Å²) < 4.78 is 131. The maximum Gasteiger partial charge on any atom is 0.294 e. The van der Waals surface area contributed by atoms with Gasteiger partial charge in [0.05, 0.1) is 21.3 Å². The molecule has 0 radical (unpaired) electrons. The van der Waals surface area contributed by atoms with Crippen molar-refractivity contribution in [2.45, 2.75) is 86.8 Å². The van der Waals surface area contributed by atoms with Crippen LogP contribution in [0.4, 0.5) is 5.69 Å². The van der Waals surface area contributed by atoms with Gasteiger partial charge in [-0.05, 0) is 105 Å². The molecule has 0 spiro atoms. The maximum absolute atomic E-state index is 12.0. The Morgan fingerprint density at radius 2 is 1.37 bits per heavy atom. The standard InChI is InChI=1S/C35H47NO12S4/c1-6-36-32-19-18-29(52(46,47)48)25-31(32)35(5,21-11-13-23-50(40,41)42)33(36)15-9-7-8-14-27(3)34(4,20-10-12-22-49(37,38)39)30-24-28(51(43,44)45)17-16-26(30)2/h7-9,14-19,24-25H,3,6,10-13,20-23H2,1-2,4-5H3,(H,37,38,39)(H,40,41,42)(H,43,44,45)(H,46,47,48)/b9-7+,14-8+,33-15+. The van der Waals surface area contributed by atoms with Crippen molar-refractivity contribution in [1.29, 1.82) is 0 Å². The van der Waals surface area contributed by atoms with E-state index in [0.717, 1.165) is 11.4 Å². The molecular formula is C35H47NO12S4. The Labute approximate surface area is 307 Å². The topological polar surface area (TPSA) is 221 Å². The van der Waals surface area contributed by atoms with Crippen LogP contribution in [0.3, 0.4) is 0 Å². The second-order valence-electron chi connectivity index (χ2n) is 13.3. The molecule has 0 saturated carbocycles. The van der Waals surface area contributed by atoms with Gasteiger partial charge in [-0.2, -0.15) is 33.7 Å². The van der Waals surface area contributed by atoms with E-state index >= 15 is 0 Å². The number of anilines is 1. The van der Waals surface area contributed by atoms with Gasteiger partial charge in [0.1, 0.15) is 0 Å². The molecule has 13 nitrogen and oxygen atoms in total. The predicted molar refractivity (Wildman–Crippen MR) is 201 cm³/mol. The molecule has 0 aromatic heterocycles. The SMILES string of the molecule is C=C(/C=C/C=C/C=C1/N(CC)c2ccc(S(=O)(=O)O)cc2C1(C)CCCCS(=O)(=O)O)C(C)(CCCCS(=O)(=O)O)c1cc(S(=O)(=O)O)ccc1C. The molecule has 0 amide bonds. The minimum atomic E-state index is -4.53. The summed E-state index contributed by atoms with van der Waals surface area (Å²) in [5.74, 6) is -0.868. The molecule has 0 saturated heterocycles. The number of rotatable bonds is 18. The monoisotopic (exact) mass is 801 g/mol. The van der Waals surface area contributed by atoms with Gasteiger partial charge in [0.15, 0.2) is 0 Å². The molecule has 2 atom stereocenters. The van der Waals surface area contributed by atoms with Gasteiger partial charge in [0, 0.05) is 28.8 Å². The third kappa shape index (κ3) is 10.9. The van der Waals surface area contributed by atoms with E-state index in [1.165, 1.54) is 24.3 Å². The molecule has 2 unspecified atom stereocenters. The normalized spacial score (nSPS) is 19.1. The zero-order valence-corrected chi connectivity index (χ0v) is 32.8. The fraction of sp³-hybridized carbons (Fsp3) is 0.429. The van der Waals surface area contributed by atoms with Crippen LogP contribution in [0.2, 0.25) is 0 Å². The average molecular weight is 802 g/mol. The van der Waals surface area contributed by atoms with Crippen molar-refractivity contribution in [3.8, 4) is 0 Å². The van der Waals surface area contributed by atoms with E-state index < -0.39 is 62.8 Å². The van der Waals surface area contributed by atoms with Gasteiger partial charge in [0.25, 0.3) is 40.5 Å². The van der Waals surface area contributed by atoms with Gasteiger partial charge < -0.3 is 4.90 Å². The van der Waals surface area contributed by atoms with Crippen molar-refractivity contribution in [2.24, 2.45) is 0 Å². The Bertz CT molecular complexity index is 2210. The van der Waals surface area contributed by atoms with Gasteiger partial charge in [0.2, 0.25) is 0 Å². The number of likely N-dealkylation sites (N-methyl/N-ethyl adjacent to an activating group) is 1. The summed E-state index contributed by atoms with van der Waals surface area (Å²) in [5.41, 5.74) is 2.25. The first-order chi connectivity index (χ1) is 23.8. The number of unbranched alkanes of at least 4 members (excludes halogenated alkanes) is 2. The molecule has 0 bridgehead atoms. The van der Waals surface area contributed by atoms with Gasteiger partial charge in [-0.3, -0.25) is 18.2 Å². The van der Waals surface area contributed by atoms with Crippen molar-refractivity contribution in [3.05, 3.63) is 101 Å². The average Bonchev–Trinajstić information content (AvgIpc) is 3.25. The van der Waals surface area contributed by atoms with Crippen LogP contribution in [-0.2, 0) is 51.3 Å². The van der Waals surface area contributed by atoms with Crippen molar-refractivity contribution < 1.29 is 51.9 Å². The maximum atomic E-state index is 12.0. The van der Waals surface area contributed by atoms with Crippen molar-refractivity contribution in [3.63, 3.8) is 0 Å². The Hall–Kier alpha value is -3.16.